The molecule has 0 atom stereocenters. The summed E-state index contributed by atoms with van der Waals surface area (Å²) < 4.78 is 16.6. The SMILES string of the molecule is CC(=O)O.CC(=O)O.COc1cc(C(=O)N2CC(N3CCCCC3)C2)cc(OC)c1OCCCN. The quantitative estimate of drug-likeness (QED) is 0.454. The Hall–Kier alpha value is -3.05. The molecule has 1 aromatic carbocycles. The number of carbonyl (C=O) groups excluding carboxylic acids is 1. The van der Waals surface area contributed by atoms with Crippen molar-refractivity contribution in [3.05, 3.63) is 17.7 Å². The number of nitrogens with zero attached hydrogens (tertiary/aromatic N) is 2. The van der Waals surface area contributed by atoms with Gasteiger partial charge in [0.1, 0.15) is 0 Å². The Kier molecular flexibility index (Phi) is 13.5. The van der Waals surface area contributed by atoms with Crippen LogP contribution in [0.3, 0.4) is 0 Å². The fraction of sp³-hybridized carbons (Fsp3) is 0.625. The summed E-state index contributed by atoms with van der Waals surface area (Å²) >= 11 is 0. The van der Waals surface area contributed by atoms with E-state index in [-0.39, 0.29) is 5.91 Å². The van der Waals surface area contributed by atoms with E-state index in [9.17, 15) is 4.79 Å². The molecule has 0 aliphatic carbocycles. The molecule has 0 unspecified atom stereocenters. The molecule has 1 aromatic rings. The van der Waals surface area contributed by atoms with Gasteiger partial charge in [-0.2, -0.15) is 0 Å². The number of piperidine rings is 1. The lowest BCUT2D eigenvalue weighted by Crippen LogP contribution is -2.61. The van der Waals surface area contributed by atoms with Crippen LogP contribution in [-0.4, -0.2) is 97.5 Å². The lowest BCUT2D eigenvalue weighted by molar-refractivity contribution is -0.135. The van der Waals surface area contributed by atoms with Crippen molar-refractivity contribution in [2.45, 2.75) is 45.6 Å². The Balaban J connectivity index is 0.000000668. The number of aliphatic carboxylic acids is 2. The molecular formula is C24H39N3O8. The predicted molar refractivity (Wildman–Crippen MR) is 130 cm³/mol. The van der Waals surface area contributed by atoms with Crippen LogP contribution in [0.25, 0.3) is 0 Å². The van der Waals surface area contributed by atoms with Gasteiger partial charge in [-0.1, -0.05) is 6.42 Å². The van der Waals surface area contributed by atoms with Crippen LogP contribution in [0, 0.1) is 0 Å². The van der Waals surface area contributed by atoms with Crippen LogP contribution >= 0.6 is 0 Å². The third kappa shape index (κ3) is 10.4. The molecule has 0 spiro atoms. The van der Waals surface area contributed by atoms with Crippen molar-refractivity contribution in [1.82, 2.24) is 9.80 Å². The third-order valence-electron chi connectivity index (χ3n) is 5.36. The molecule has 2 fully saturated rings. The number of hydrogen-bond acceptors (Lipinski definition) is 8. The van der Waals surface area contributed by atoms with Crippen molar-refractivity contribution >= 4 is 17.8 Å². The van der Waals surface area contributed by atoms with Crippen molar-refractivity contribution in [2.24, 2.45) is 5.73 Å². The molecule has 1 amide bonds. The molecule has 2 heterocycles. The maximum Gasteiger partial charge on any atom is 0.300 e. The van der Waals surface area contributed by atoms with Crippen LogP contribution in [-0.2, 0) is 9.59 Å². The summed E-state index contributed by atoms with van der Waals surface area (Å²) in [6.45, 7) is 7.08. The number of nitrogens with two attached hydrogens (primary N) is 1. The van der Waals surface area contributed by atoms with Gasteiger partial charge in [0, 0.05) is 38.5 Å². The largest absolute Gasteiger partial charge is 0.493 e. The van der Waals surface area contributed by atoms with E-state index >= 15 is 0 Å². The number of carboxylic acids is 2. The molecule has 2 aliphatic rings. The number of ether oxygens (including phenoxy) is 3. The van der Waals surface area contributed by atoms with Crippen LogP contribution in [0.15, 0.2) is 12.1 Å². The Morgan fingerprint density at radius 3 is 1.89 bits per heavy atom. The van der Waals surface area contributed by atoms with E-state index in [1.165, 1.54) is 19.3 Å². The van der Waals surface area contributed by atoms with Gasteiger partial charge >= 0.3 is 0 Å². The molecule has 0 bridgehead atoms. The molecule has 0 aromatic heterocycles. The van der Waals surface area contributed by atoms with Gasteiger partial charge in [-0.25, -0.2) is 0 Å². The number of carboxylic acid groups (broad SMARTS) is 2. The van der Waals surface area contributed by atoms with Crippen molar-refractivity contribution < 1.29 is 38.8 Å². The first kappa shape index (κ1) is 30.0. The Bertz CT molecular complexity index is 776. The number of amides is 1. The average Bonchev–Trinajstić information content (AvgIpc) is 2.78. The molecular weight excluding hydrogens is 458 g/mol. The zero-order chi connectivity index (χ0) is 26.4. The predicted octanol–water partition coefficient (Wildman–Crippen LogP) is 1.92. The average molecular weight is 498 g/mol. The van der Waals surface area contributed by atoms with Crippen molar-refractivity contribution in [3.63, 3.8) is 0 Å². The van der Waals surface area contributed by atoms with Crippen LogP contribution in [0.5, 0.6) is 17.2 Å². The summed E-state index contributed by atoms with van der Waals surface area (Å²) in [7, 11) is 3.13. The van der Waals surface area contributed by atoms with Gasteiger partial charge in [0.25, 0.3) is 17.8 Å². The number of rotatable bonds is 8. The summed E-state index contributed by atoms with van der Waals surface area (Å²) in [5.74, 6) is -0.140. The molecule has 198 valence electrons. The van der Waals surface area contributed by atoms with E-state index in [4.69, 9.17) is 39.7 Å². The van der Waals surface area contributed by atoms with E-state index < -0.39 is 11.9 Å². The highest BCUT2D eigenvalue weighted by atomic mass is 16.5. The highest BCUT2D eigenvalue weighted by Crippen LogP contribution is 2.39. The molecule has 4 N–H and O–H groups in total. The summed E-state index contributed by atoms with van der Waals surface area (Å²) in [4.78, 5) is 35.3. The lowest BCUT2D eigenvalue weighted by atomic mass is 10.0. The minimum absolute atomic E-state index is 0.00775. The zero-order valence-corrected chi connectivity index (χ0v) is 21.1. The monoisotopic (exact) mass is 497 g/mol. The highest BCUT2D eigenvalue weighted by Gasteiger charge is 2.36. The third-order valence-corrected chi connectivity index (χ3v) is 5.36. The standard InChI is InChI=1S/C20H31N3O4.2C2H4O2/c1-25-17-11-15(12-18(26-2)19(17)27-10-6-7-21)20(24)23-13-16(14-23)22-8-4-3-5-9-22;2*1-2(3)4/h11-12,16H,3-10,13-14,21H2,1-2H3;2*1H3,(H,3,4). The van der Waals surface area contributed by atoms with E-state index in [2.05, 4.69) is 4.90 Å². The van der Waals surface area contributed by atoms with Gasteiger partial charge in [0.15, 0.2) is 11.5 Å². The van der Waals surface area contributed by atoms with E-state index in [0.29, 0.717) is 42.0 Å². The summed E-state index contributed by atoms with van der Waals surface area (Å²) in [5.41, 5.74) is 6.08. The van der Waals surface area contributed by atoms with Crippen LogP contribution in [0.1, 0.15) is 49.9 Å². The highest BCUT2D eigenvalue weighted by molar-refractivity contribution is 5.96. The van der Waals surface area contributed by atoms with Gasteiger partial charge in [-0.05, 0) is 51.0 Å². The molecule has 0 saturated carbocycles. The smallest absolute Gasteiger partial charge is 0.300 e. The zero-order valence-electron chi connectivity index (χ0n) is 21.1. The first-order chi connectivity index (χ1) is 16.6. The Morgan fingerprint density at radius 1 is 0.971 bits per heavy atom. The Labute approximate surface area is 206 Å². The van der Waals surface area contributed by atoms with E-state index in [1.54, 1.807) is 26.4 Å². The lowest BCUT2D eigenvalue weighted by Gasteiger charge is -2.46. The van der Waals surface area contributed by atoms with Crippen LogP contribution in [0.4, 0.5) is 0 Å². The van der Waals surface area contributed by atoms with Gasteiger partial charge in [0.2, 0.25) is 5.75 Å². The van der Waals surface area contributed by atoms with Crippen molar-refractivity contribution in [2.75, 3.05) is 53.6 Å². The number of carbonyl (C=O) groups is 3. The summed E-state index contributed by atoms with van der Waals surface area (Å²) in [5, 5.41) is 14.8. The van der Waals surface area contributed by atoms with Crippen LogP contribution < -0.4 is 19.9 Å². The number of likely N-dealkylation sites (tertiary alicyclic amines) is 2. The maximum absolute atomic E-state index is 12.9. The second-order valence-electron chi connectivity index (χ2n) is 8.20. The molecule has 0 radical (unpaired) electrons. The number of hydrogen-bond donors (Lipinski definition) is 3. The minimum Gasteiger partial charge on any atom is -0.493 e. The first-order valence-corrected chi connectivity index (χ1v) is 11.7. The molecule has 11 heteroatoms. The fourth-order valence-electron chi connectivity index (χ4n) is 3.72. The van der Waals surface area contributed by atoms with Gasteiger partial charge < -0.3 is 35.1 Å². The normalized spacial score (nSPS) is 15.4. The number of methoxy groups -OCH3 is 2. The van der Waals surface area contributed by atoms with Crippen molar-refractivity contribution in [3.8, 4) is 17.2 Å². The van der Waals surface area contributed by atoms with Crippen LogP contribution in [0.2, 0.25) is 0 Å². The molecule has 2 saturated heterocycles. The molecule has 11 nitrogen and oxygen atoms in total. The summed E-state index contributed by atoms with van der Waals surface area (Å²) in [6, 6.07) is 3.96. The second-order valence-corrected chi connectivity index (χ2v) is 8.20. The molecule has 35 heavy (non-hydrogen) atoms. The summed E-state index contributed by atoms with van der Waals surface area (Å²) in [6.07, 6.45) is 4.60. The van der Waals surface area contributed by atoms with E-state index in [0.717, 1.165) is 46.4 Å². The fourth-order valence-corrected chi connectivity index (χ4v) is 3.72. The Morgan fingerprint density at radius 2 is 1.46 bits per heavy atom. The van der Waals surface area contributed by atoms with Gasteiger partial charge in [0.05, 0.1) is 20.8 Å². The second kappa shape index (κ2) is 15.8. The molecule has 3 rings (SSSR count). The first-order valence-electron chi connectivity index (χ1n) is 11.7. The topological polar surface area (TPSA) is 152 Å². The van der Waals surface area contributed by atoms with Gasteiger partial charge in [-0.15, -0.1) is 0 Å². The maximum atomic E-state index is 12.9. The van der Waals surface area contributed by atoms with Gasteiger partial charge in [-0.3, -0.25) is 19.3 Å². The minimum atomic E-state index is -0.833. The molecule has 2 aliphatic heterocycles. The van der Waals surface area contributed by atoms with E-state index in [1.807, 2.05) is 4.90 Å². The van der Waals surface area contributed by atoms with Crippen molar-refractivity contribution in [1.29, 1.82) is 0 Å². The number of benzene rings is 1.